The Bertz CT molecular complexity index is 1120. The van der Waals surface area contributed by atoms with Crippen molar-refractivity contribution in [1.29, 1.82) is 0 Å². The van der Waals surface area contributed by atoms with Gasteiger partial charge in [-0.2, -0.15) is 0 Å². The van der Waals surface area contributed by atoms with Gasteiger partial charge in [0.2, 0.25) is 21.8 Å². The zero-order valence-corrected chi connectivity index (χ0v) is 20.9. The molecule has 0 unspecified atom stereocenters. The van der Waals surface area contributed by atoms with Crippen LogP contribution in [-0.2, 0) is 26.2 Å². The van der Waals surface area contributed by atoms with E-state index in [0.717, 1.165) is 10.6 Å². The predicted molar refractivity (Wildman–Crippen MR) is 128 cm³/mol. The summed E-state index contributed by atoms with van der Waals surface area (Å²) in [5.41, 5.74) is 0.951. The Hall–Kier alpha value is -2.65. The molecule has 0 saturated carbocycles. The van der Waals surface area contributed by atoms with Gasteiger partial charge in [-0.1, -0.05) is 35.9 Å². The molecule has 0 spiro atoms. The van der Waals surface area contributed by atoms with Gasteiger partial charge in [0.1, 0.15) is 18.4 Å². The van der Waals surface area contributed by atoms with E-state index in [1.807, 2.05) is 0 Å². The average molecular weight is 498 g/mol. The van der Waals surface area contributed by atoms with Crippen LogP contribution in [0.1, 0.15) is 31.9 Å². The molecule has 2 amide bonds. The minimum Gasteiger partial charge on any atom is -0.352 e. The highest BCUT2D eigenvalue weighted by molar-refractivity contribution is 7.92. The number of benzene rings is 2. The molecule has 1 atom stereocenters. The Morgan fingerprint density at radius 3 is 2.30 bits per heavy atom. The van der Waals surface area contributed by atoms with Gasteiger partial charge in [0.05, 0.1) is 11.9 Å². The summed E-state index contributed by atoms with van der Waals surface area (Å²) < 4.78 is 40.5. The lowest BCUT2D eigenvalue weighted by molar-refractivity contribution is -0.139. The Labute approximate surface area is 199 Å². The van der Waals surface area contributed by atoms with Gasteiger partial charge in [-0.3, -0.25) is 13.9 Å². The first-order valence-electron chi connectivity index (χ1n) is 10.4. The molecule has 1 N–H and O–H groups in total. The number of nitrogens with one attached hydrogen (secondary N) is 1. The summed E-state index contributed by atoms with van der Waals surface area (Å²) in [7, 11) is -3.88. The third-order valence-electron chi connectivity index (χ3n) is 5.08. The van der Waals surface area contributed by atoms with E-state index >= 15 is 0 Å². The highest BCUT2D eigenvalue weighted by Crippen LogP contribution is 2.28. The quantitative estimate of drug-likeness (QED) is 0.574. The highest BCUT2D eigenvalue weighted by Gasteiger charge is 2.31. The zero-order valence-electron chi connectivity index (χ0n) is 19.3. The first-order chi connectivity index (χ1) is 15.3. The maximum atomic E-state index is 14.3. The number of amides is 2. The van der Waals surface area contributed by atoms with Crippen LogP contribution >= 0.6 is 11.6 Å². The van der Waals surface area contributed by atoms with E-state index in [2.05, 4.69) is 5.32 Å². The number of nitrogens with zero attached hydrogens (tertiary/aromatic N) is 2. The number of sulfonamides is 1. The minimum atomic E-state index is -3.88. The summed E-state index contributed by atoms with van der Waals surface area (Å²) in [6.45, 7) is 5.95. The number of carbonyl (C=O) groups excluding carboxylic acids is 2. The monoisotopic (exact) mass is 497 g/mol. The van der Waals surface area contributed by atoms with E-state index in [4.69, 9.17) is 11.6 Å². The molecule has 10 heteroatoms. The standard InChI is InChI=1S/C23H29ClFN3O4S/c1-15(2)26-23(30)17(4)27(13-18-9-6-7-11-20(18)25)22(29)14-28(33(5,31)32)21-12-8-10-19(24)16(21)3/h6-12,15,17H,13-14H2,1-5H3,(H,26,30)/t17-/m0/s1. The fourth-order valence-corrected chi connectivity index (χ4v) is 4.33. The van der Waals surface area contributed by atoms with Crippen LogP contribution < -0.4 is 9.62 Å². The summed E-state index contributed by atoms with van der Waals surface area (Å²) in [6.07, 6.45) is 0.983. The molecule has 0 saturated heterocycles. The van der Waals surface area contributed by atoms with Crippen molar-refractivity contribution >= 4 is 39.1 Å². The van der Waals surface area contributed by atoms with E-state index in [9.17, 15) is 22.4 Å². The molecule has 2 aromatic rings. The van der Waals surface area contributed by atoms with Crippen molar-refractivity contribution in [2.75, 3.05) is 17.1 Å². The molecule has 0 fully saturated rings. The maximum absolute atomic E-state index is 14.3. The molecule has 0 radical (unpaired) electrons. The van der Waals surface area contributed by atoms with Crippen molar-refractivity contribution in [2.24, 2.45) is 0 Å². The van der Waals surface area contributed by atoms with Gasteiger partial charge in [-0.15, -0.1) is 0 Å². The third-order valence-corrected chi connectivity index (χ3v) is 6.62. The predicted octanol–water partition coefficient (Wildman–Crippen LogP) is 3.50. The molecule has 0 aromatic heterocycles. The zero-order chi connectivity index (χ0) is 24.9. The van der Waals surface area contributed by atoms with E-state index in [-0.39, 0.29) is 23.8 Å². The SMILES string of the molecule is Cc1c(Cl)cccc1N(CC(=O)N(Cc1ccccc1F)[C@@H](C)C(=O)NC(C)C)S(C)(=O)=O. The van der Waals surface area contributed by atoms with Crippen LogP contribution in [0, 0.1) is 12.7 Å². The van der Waals surface area contributed by atoms with Crippen molar-refractivity contribution in [1.82, 2.24) is 10.2 Å². The fraction of sp³-hybridized carbons (Fsp3) is 0.391. The lowest BCUT2D eigenvalue weighted by Crippen LogP contribution is -2.52. The number of anilines is 1. The number of halogens is 2. The van der Waals surface area contributed by atoms with Crippen LogP contribution in [0.4, 0.5) is 10.1 Å². The van der Waals surface area contributed by atoms with Gasteiger partial charge < -0.3 is 10.2 Å². The largest absolute Gasteiger partial charge is 0.352 e. The summed E-state index contributed by atoms with van der Waals surface area (Å²) >= 11 is 6.16. The summed E-state index contributed by atoms with van der Waals surface area (Å²) in [5.74, 6) is -1.62. The lowest BCUT2D eigenvalue weighted by atomic mass is 10.1. The van der Waals surface area contributed by atoms with Crippen LogP contribution in [-0.4, -0.2) is 50.0 Å². The number of hydrogen-bond acceptors (Lipinski definition) is 4. The van der Waals surface area contributed by atoms with Crippen LogP contribution in [0.2, 0.25) is 5.02 Å². The number of hydrogen-bond donors (Lipinski definition) is 1. The molecule has 0 bridgehead atoms. The molecule has 0 heterocycles. The maximum Gasteiger partial charge on any atom is 0.244 e. The fourth-order valence-electron chi connectivity index (χ4n) is 3.26. The Morgan fingerprint density at radius 2 is 1.73 bits per heavy atom. The Morgan fingerprint density at radius 1 is 1.09 bits per heavy atom. The van der Waals surface area contributed by atoms with Crippen molar-refractivity contribution in [2.45, 2.75) is 46.3 Å². The van der Waals surface area contributed by atoms with E-state index in [1.165, 1.54) is 30.0 Å². The molecule has 180 valence electrons. The highest BCUT2D eigenvalue weighted by atomic mass is 35.5. The molecule has 33 heavy (non-hydrogen) atoms. The second-order valence-corrected chi connectivity index (χ2v) is 10.4. The molecule has 2 rings (SSSR count). The van der Waals surface area contributed by atoms with Gasteiger partial charge in [0.15, 0.2) is 0 Å². The normalized spacial score (nSPS) is 12.4. The van der Waals surface area contributed by atoms with Crippen LogP contribution in [0.3, 0.4) is 0 Å². The van der Waals surface area contributed by atoms with Crippen molar-refractivity contribution in [3.63, 3.8) is 0 Å². The van der Waals surface area contributed by atoms with Crippen LogP contribution in [0.15, 0.2) is 42.5 Å². The van der Waals surface area contributed by atoms with Gasteiger partial charge >= 0.3 is 0 Å². The summed E-state index contributed by atoms with van der Waals surface area (Å²) in [4.78, 5) is 27.3. The Balaban J connectivity index is 2.45. The molecule has 7 nitrogen and oxygen atoms in total. The van der Waals surface area contributed by atoms with E-state index in [0.29, 0.717) is 10.6 Å². The average Bonchev–Trinajstić information content (AvgIpc) is 2.71. The number of rotatable bonds is 9. The molecule has 2 aromatic carbocycles. The Kier molecular flexibility index (Phi) is 8.85. The molecule has 0 aliphatic heterocycles. The van der Waals surface area contributed by atoms with Gasteiger partial charge in [0, 0.05) is 23.2 Å². The van der Waals surface area contributed by atoms with Crippen LogP contribution in [0.25, 0.3) is 0 Å². The van der Waals surface area contributed by atoms with E-state index < -0.39 is 40.2 Å². The van der Waals surface area contributed by atoms with Crippen molar-refractivity contribution < 1.29 is 22.4 Å². The van der Waals surface area contributed by atoms with Gasteiger partial charge in [-0.25, -0.2) is 12.8 Å². The smallest absolute Gasteiger partial charge is 0.244 e. The lowest BCUT2D eigenvalue weighted by Gasteiger charge is -2.32. The van der Waals surface area contributed by atoms with E-state index in [1.54, 1.807) is 45.0 Å². The second kappa shape index (κ2) is 11.0. The number of carbonyl (C=O) groups is 2. The topological polar surface area (TPSA) is 86.8 Å². The molecular formula is C23H29ClFN3O4S. The van der Waals surface area contributed by atoms with Crippen molar-refractivity contribution in [3.05, 3.63) is 64.4 Å². The van der Waals surface area contributed by atoms with Crippen molar-refractivity contribution in [3.8, 4) is 0 Å². The first-order valence-corrected chi connectivity index (χ1v) is 12.6. The minimum absolute atomic E-state index is 0.174. The summed E-state index contributed by atoms with van der Waals surface area (Å²) in [6, 6.07) is 9.52. The molecule has 0 aliphatic rings. The van der Waals surface area contributed by atoms with Gasteiger partial charge in [-0.05, 0) is 51.5 Å². The van der Waals surface area contributed by atoms with Crippen LogP contribution in [0.5, 0.6) is 0 Å². The second-order valence-electron chi connectivity index (χ2n) is 8.11. The third kappa shape index (κ3) is 6.91. The molecular weight excluding hydrogens is 469 g/mol. The van der Waals surface area contributed by atoms with Gasteiger partial charge in [0.25, 0.3) is 0 Å². The molecule has 0 aliphatic carbocycles. The summed E-state index contributed by atoms with van der Waals surface area (Å²) in [5, 5.41) is 3.08. The first kappa shape index (κ1) is 26.6.